The quantitative estimate of drug-likeness (QED) is 0.410. The lowest BCUT2D eigenvalue weighted by molar-refractivity contribution is -0.139. The summed E-state index contributed by atoms with van der Waals surface area (Å²) in [4.78, 5) is 24.2. The Kier molecular flexibility index (Phi) is 6.45. The third kappa shape index (κ3) is 5.07. The Labute approximate surface area is 190 Å². The molecular weight excluding hydrogens is 420 g/mol. The van der Waals surface area contributed by atoms with Gasteiger partial charge < -0.3 is 20.1 Å². The summed E-state index contributed by atoms with van der Waals surface area (Å²) >= 11 is 0. The van der Waals surface area contributed by atoms with Crippen molar-refractivity contribution in [3.63, 3.8) is 0 Å². The number of amides is 1. The summed E-state index contributed by atoms with van der Waals surface area (Å²) < 4.78 is 9.87. The number of anilines is 3. The molecule has 0 radical (unpaired) electrons. The molecule has 0 saturated heterocycles. The fraction of sp³-hybridized carbons (Fsp3) is 0.120. The van der Waals surface area contributed by atoms with E-state index >= 15 is 0 Å². The maximum atomic E-state index is 12.5. The molecule has 0 bridgehead atoms. The minimum atomic E-state index is -0.376. The van der Waals surface area contributed by atoms with E-state index in [1.54, 1.807) is 55.6 Å². The van der Waals surface area contributed by atoms with Crippen LogP contribution in [0.2, 0.25) is 0 Å². The van der Waals surface area contributed by atoms with Gasteiger partial charge in [-0.2, -0.15) is 5.10 Å². The second-order valence-electron chi connectivity index (χ2n) is 7.18. The first-order valence-corrected chi connectivity index (χ1v) is 10.2. The highest BCUT2D eigenvalue weighted by Gasteiger charge is 2.13. The van der Waals surface area contributed by atoms with Crippen LogP contribution < -0.4 is 15.4 Å². The Morgan fingerprint density at radius 1 is 0.818 bits per heavy atom. The molecule has 0 aliphatic carbocycles. The summed E-state index contributed by atoms with van der Waals surface area (Å²) in [5, 5.41) is 16.2. The number of nitrogens with zero attached hydrogens (tertiary/aromatic N) is 2. The van der Waals surface area contributed by atoms with Gasteiger partial charge in [-0.15, -0.1) is 5.10 Å². The minimum absolute atomic E-state index is 0.0439. The first-order valence-electron chi connectivity index (χ1n) is 10.2. The molecule has 3 aromatic carbocycles. The lowest BCUT2D eigenvalue weighted by Gasteiger charge is -2.11. The number of carbonyl (C=O) groups is 2. The number of esters is 1. The van der Waals surface area contributed by atoms with Crippen LogP contribution >= 0.6 is 0 Å². The van der Waals surface area contributed by atoms with Crippen LogP contribution in [0.5, 0.6) is 5.75 Å². The van der Waals surface area contributed by atoms with Gasteiger partial charge in [-0.05, 0) is 48.5 Å². The number of rotatable bonds is 7. The van der Waals surface area contributed by atoms with Crippen LogP contribution in [0.15, 0.2) is 72.8 Å². The van der Waals surface area contributed by atoms with E-state index in [1.165, 1.54) is 7.11 Å². The van der Waals surface area contributed by atoms with Crippen molar-refractivity contribution in [2.24, 2.45) is 0 Å². The predicted molar refractivity (Wildman–Crippen MR) is 126 cm³/mol. The minimum Gasteiger partial charge on any atom is -0.497 e. The van der Waals surface area contributed by atoms with Gasteiger partial charge in [-0.3, -0.25) is 9.59 Å². The van der Waals surface area contributed by atoms with E-state index in [2.05, 4.69) is 20.8 Å². The molecule has 1 amide bonds. The number of benzene rings is 3. The molecule has 1 heterocycles. The summed E-state index contributed by atoms with van der Waals surface area (Å²) in [7, 11) is 2.93. The van der Waals surface area contributed by atoms with Crippen LogP contribution in [0.1, 0.15) is 16.1 Å². The lowest BCUT2D eigenvalue weighted by Crippen LogP contribution is -2.11. The van der Waals surface area contributed by atoms with Crippen LogP contribution in [-0.4, -0.2) is 36.3 Å². The highest BCUT2D eigenvalue weighted by molar-refractivity contribution is 6.04. The van der Waals surface area contributed by atoms with E-state index in [-0.39, 0.29) is 18.3 Å². The van der Waals surface area contributed by atoms with E-state index in [0.717, 1.165) is 22.2 Å². The number of carbonyl (C=O) groups excluding carboxylic acids is 2. The molecule has 4 aromatic rings. The zero-order chi connectivity index (χ0) is 23.2. The van der Waals surface area contributed by atoms with Crippen molar-refractivity contribution in [3.05, 3.63) is 84.1 Å². The smallest absolute Gasteiger partial charge is 0.311 e. The van der Waals surface area contributed by atoms with Crippen LogP contribution in [0.25, 0.3) is 10.8 Å². The molecule has 33 heavy (non-hydrogen) atoms. The van der Waals surface area contributed by atoms with E-state index in [4.69, 9.17) is 9.47 Å². The molecule has 0 saturated carbocycles. The second-order valence-corrected chi connectivity index (χ2v) is 7.18. The van der Waals surface area contributed by atoms with Crippen molar-refractivity contribution in [2.45, 2.75) is 6.42 Å². The lowest BCUT2D eigenvalue weighted by atomic mass is 10.1. The molecule has 166 valence electrons. The monoisotopic (exact) mass is 442 g/mol. The number of hydrogen-bond donors (Lipinski definition) is 2. The van der Waals surface area contributed by atoms with Crippen LogP contribution in [0, 0.1) is 0 Å². The average Bonchev–Trinajstić information content (AvgIpc) is 2.86. The molecule has 1 aromatic heterocycles. The molecule has 0 aliphatic rings. The Bertz CT molecular complexity index is 1290. The summed E-state index contributed by atoms with van der Waals surface area (Å²) in [6.07, 6.45) is 0.0439. The normalized spacial score (nSPS) is 10.5. The Morgan fingerprint density at radius 3 is 2.15 bits per heavy atom. The maximum absolute atomic E-state index is 12.5. The number of fused-ring (bicyclic) bond motifs is 1. The van der Waals surface area contributed by atoms with Crippen molar-refractivity contribution < 1.29 is 19.1 Å². The van der Waals surface area contributed by atoms with Gasteiger partial charge in [0, 0.05) is 27.7 Å². The molecule has 8 nitrogen and oxygen atoms in total. The van der Waals surface area contributed by atoms with Gasteiger partial charge in [0.15, 0.2) is 5.82 Å². The molecule has 0 unspecified atom stereocenters. The van der Waals surface area contributed by atoms with Gasteiger partial charge in [-0.25, -0.2) is 0 Å². The Balaban J connectivity index is 1.50. The Hall–Kier alpha value is -4.46. The summed E-state index contributed by atoms with van der Waals surface area (Å²) in [6, 6.07) is 21.7. The molecule has 0 aliphatic heterocycles. The molecule has 0 fully saturated rings. The molecule has 4 rings (SSSR count). The van der Waals surface area contributed by atoms with Crippen molar-refractivity contribution >= 4 is 39.8 Å². The standard InChI is InChI=1S/C25H22N4O4/c1-32-19-13-11-18(12-14-19)27-25(31)16-7-9-17(10-8-16)26-24-21-6-4-3-5-20(21)22(28-29-24)15-23(30)33-2/h3-14H,15H2,1-2H3,(H,26,29)(H,27,31). The van der Waals surface area contributed by atoms with Gasteiger partial charge >= 0.3 is 5.97 Å². The number of ether oxygens (including phenoxy) is 2. The zero-order valence-electron chi connectivity index (χ0n) is 18.2. The second kappa shape index (κ2) is 9.78. The summed E-state index contributed by atoms with van der Waals surface area (Å²) in [6.45, 7) is 0. The number of nitrogens with one attached hydrogen (secondary N) is 2. The number of hydrogen-bond acceptors (Lipinski definition) is 7. The average molecular weight is 442 g/mol. The van der Waals surface area contributed by atoms with Gasteiger partial charge in [0.1, 0.15) is 5.75 Å². The SMILES string of the molecule is COC(=O)Cc1nnc(Nc2ccc(C(=O)Nc3ccc(OC)cc3)cc2)c2ccccc12. The van der Waals surface area contributed by atoms with E-state index in [1.807, 2.05) is 24.3 Å². The van der Waals surface area contributed by atoms with E-state index < -0.39 is 0 Å². The molecular formula is C25H22N4O4. The molecule has 2 N–H and O–H groups in total. The Morgan fingerprint density at radius 2 is 1.48 bits per heavy atom. The molecule has 0 spiro atoms. The highest BCUT2D eigenvalue weighted by Crippen LogP contribution is 2.26. The van der Waals surface area contributed by atoms with Crippen molar-refractivity contribution in [2.75, 3.05) is 24.9 Å². The van der Waals surface area contributed by atoms with Crippen LogP contribution in [0.4, 0.5) is 17.2 Å². The van der Waals surface area contributed by atoms with E-state index in [9.17, 15) is 9.59 Å². The van der Waals surface area contributed by atoms with Gasteiger partial charge in [0.25, 0.3) is 5.91 Å². The fourth-order valence-corrected chi connectivity index (χ4v) is 3.31. The zero-order valence-corrected chi connectivity index (χ0v) is 18.2. The largest absolute Gasteiger partial charge is 0.497 e. The predicted octanol–water partition coefficient (Wildman–Crippen LogP) is 4.35. The van der Waals surface area contributed by atoms with E-state index in [0.29, 0.717) is 22.8 Å². The third-order valence-electron chi connectivity index (χ3n) is 5.06. The maximum Gasteiger partial charge on any atom is 0.311 e. The first-order chi connectivity index (χ1) is 16.1. The fourth-order valence-electron chi connectivity index (χ4n) is 3.31. The summed E-state index contributed by atoms with van der Waals surface area (Å²) in [5.41, 5.74) is 2.49. The third-order valence-corrected chi connectivity index (χ3v) is 5.06. The first kappa shape index (κ1) is 21.8. The van der Waals surface area contributed by atoms with Crippen LogP contribution in [0.3, 0.4) is 0 Å². The highest BCUT2D eigenvalue weighted by atomic mass is 16.5. The van der Waals surface area contributed by atoms with Crippen molar-refractivity contribution in [3.8, 4) is 5.75 Å². The number of aromatic nitrogens is 2. The molecule has 0 atom stereocenters. The molecule has 8 heteroatoms. The van der Waals surface area contributed by atoms with Crippen molar-refractivity contribution in [1.29, 1.82) is 0 Å². The number of methoxy groups -OCH3 is 2. The van der Waals surface area contributed by atoms with Crippen LogP contribution in [-0.2, 0) is 16.0 Å². The van der Waals surface area contributed by atoms with Crippen molar-refractivity contribution in [1.82, 2.24) is 10.2 Å². The van der Waals surface area contributed by atoms with Gasteiger partial charge in [0.2, 0.25) is 0 Å². The topological polar surface area (TPSA) is 102 Å². The van der Waals surface area contributed by atoms with Gasteiger partial charge in [0.05, 0.1) is 26.3 Å². The van der Waals surface area contributed by atoms with Gasteiger partial charge in [-0.1, -0.05) is 24.3 Å². The summed E-state index contributed by atoms with van der Waals surface area (Å²) in [5.74, 6) is 0.676.